The van der Waals surface area contributed by atoms with Gasteiger partial charge in [0.25, 0.3) is 0 Å². The minimum atomic E-state index is -0.231. The van der Waals surface area contributed by atoms with E-state index in [4.69, 9.17) is 4.74 Å². The van der Waals surface area contributed by atoms with Crippen LogP contribution in [-0.4, -0.2) is 5.60 Å². The molecule has 0 aromatic heterocycles. The van der Waals surface area contributed by atoms with Crippen LogP contribution >= 0.6 is 0 Å². The first-order valence-corrected chi connectivity index (χ1v) is 8.01. The number of fused-ring (bicyclic) bond motifs is 1. The van der Waals surface area contributed by atoms with Crippen LogP contribution in [0.15, 0.2) is 66.7 Å². The molecule has 2 heteroatoms. The Balaban J connectivity index is 1.93. The zero-order valence-corrected chi connectivity index (χ0v) is 14.0. The standard InChI is InChI=1S/C21H23NO/c1-21(2,3)23-20-14-18-12-8-7-11-17(18)13-19(20)22-15-16-9-5-4-6-10-16/h4-14,22H,15H2,1-3H3. The van der Waals surface area contributed by atoms with Crippen LogP contribution in [0.1, 0.15) is 26.3 Å². The van der Waals surface area contributed by atoms with Gasteiger partial charge in [-0.15, -0.1) is 0 Å². The second-order valence-electron chi connectivity index (χ2n) is 6.75. The summed E-state index contributed by atoms with van der Waals surface area (Å²) in [6.45, 7) is 7.00. The van der Waals surface area contributed by atoms with E-state index in [1.54, 1.807) is 0 Å². The normalized spacial score (nSPS) is 11.4. The van der Waals surface area contributed by atoms with Gasteiger partial charge in [0.2, 0.25) is 0 Å². The predicted octanol–water partition coefficient (Wildman–Crippen LogP) is 5.63. The van der Waals surface area contributed by atoms with Gasteiger partial charge in [-0.3, -0.25) is 0 Å². The van der Waals surface area contributed by atoms with Crippen molar-refractivity contribution in [2.45, 2.75) is 32.9 Å². The lowest BCUT2D eigenvalue weighted by Gasteiger charge is -2.24. The Morgan fingerprint density at radius 3 is 2.09 bits per heavy atom. The van der Waals surface area contributed by atoms with Crippen molar-refractivity contribution in [1.82, 2.24) is 0 Å². The summed E-state index contributed by atoms with van der Waals surface area (Å²) in [6, 6.07) is 23.1. The highest BCUT2D eigenvalue weighted by atomic mass is 16.5. The lowest BCUT2D eigenvalue weighted by Crippen LogP contribution is -2.23. The maximum absolute atomic E-state index is 6.17. The Morgan fingerprint density at radius 1 is 0.826 bits per heavy atom. The number of nitrogens with one attached hydrogen (secondary N) is 1. The number of ether oxygens (including phenoxy) is 1. The summed E-state index contributed by atoms with van der Waals surface area (Å²) in [5.74, 6) is 0.895. The van der Waals surface area contributed by atoms with Gasteiger partial charge in [-0.2, -0.15) is 0 Å². The zero-order chi connectivity index (χ0) is 16.3. The molecule has 3 aromatic carbocycles. The Hall–Kier alpha value is -2.48. The molecule has 0 atom stereocenters. The van der Waals surface area contributed by atoms with E-state index >= 15 is 0 Å². The third-order valence-electron chi connectivity index (χ3n) is 3.59. The Morgan fingerprint density at radius 2 is 1.43 bits per heavy atom. The van der Waals surface area contributed by atoms with Gasteiger partial charge in [-0.05, 0) is 49.2 Å². The summed E-state index contributed by atoms with van der Waals surface area (Å²) >= 11 is 0. The Kier molecular flexibility index (Phi) is 4.24. The zero-order valence-electron chi connectivity index (χ0n) is 14.0. The Labute approximate surface area is 138 Å². The highest BCUT2D eigenvalue weighted by molar-refractivity contribution is 5.88. The van der Waals surface area contributed by atoms with Crippen molar-refractivity contribution in [2.75, 3.05) is 5.32 Å². The molecule has 3 rings (SSSR count). The molecular weight excluding hydrogens is 282 g/mol. The average Bonchev–Trinajstić information content (AvgIpc) is 2.52. The predicted molar refractivity (Wildman–Crippen MR) is 98.1 cm³/mol. The molecule has 0 saturated heterocycles. The molecule has 0 unspecified atom stereocenters. The highest BCUT2D eigenvalue weighted by Gasteiger charge is 2.15. The minimum Gasteiger partial charge on any atom is -0.486 e. The van der Waals surface area contributed by atoms with E-state index in [9.17, 15) is 0 Å². The molecule has 0 spiro atoms. The van der Waals surface area contributed by atoms with Crippen molar-refractivity contribution in [2.24, 2.45) is 0 Å². The molecule has 0 saturated carbocycles. The summed E-state index contributed by atoms with van der Waals surface area (Å²) in [7, 11) is 0. The third kappa shape index (κ3) is 4.04. The fraction of sp³-hybridized carbons (Fsp3) is 0.238. The molecule has 0 fully saturated rings. The molecule has 0 radical (unpaired) electrons. The quantitative estimate of drug-likeness (QED) is 0.674. The number of benzene rings is 3. The van der Waals surface area contributed by atoms with Crippen molar-refractivity contribution in [1.29, 1.82) is 0 Å². The van der Waals surface area contributed by atoms with Crippen molar-refractivity contribution in [3.05, 3.63) is 72.3 Å². The number of hydrogen-bond donors (Lipinski definition) is 1. The van der Waals surface area contributed by atoms with Crippen LogP contribution in [0.2, 0.25) is 0 Å². The van der Waals surface area contributed by atoms with Crippen LogP contribution in [-0.2, 0) is 6.54 Å². The van der Waals surface area contributed by atoms with Gasteiger partial charge in [0.05, 0.1) is 5.69 Å². The molecule has 0 bridgehead atoms. The number of anilines is 1. The third-order valence-corrected chi connectivity index (χ3v) is 3.59. The molecule has 0 heterocycles. The van der Waals surface area contributed by atoms with E-state index in [0.717, 1.165) is 18.0 Å². The lowest BCUT2D eigenvalue weighted by atomic mass is 10.1. The number of hydrogen-bond acceptors (Lipinski definition) is 2. The van der Waals surface area contributed by atoms with Crippen molar-refractivity contribution < 1.29 is 4.74 Å². The molecule has 3 aromatic rings. The van der Waals surface area contributed by atoms with Gasteiger partial charge >= 0.3 is 0 Å². The highest BCUT2D eigenvalue weighted by Crippen LogP contribution is 2.33. The van der Waals surface area contributed by atoms with Gasteiger partial charge in [0.15, 0.2) is 0 Å². The smallest absolute Gasteiger partial charge is 0.143 e. The van der Waals surface area contributed by atoms with Crippen molar-refractivity contribution in [3.63, 3.8) is 0 Å². The number of rotatable bonds is 4. The van der Waals surface area contributed by atoms with Crippen LogP contribution in [0.5, 0.6) is 5.75 Å². The van der Waals surface area contributed by atoms with E-state index in [2.05, 4.69) is 86.8 Å². The van der Waals surface area contributed by atoms with Crippen molar-refractivity contribution >= 4 is 16.5 Å². The van der Waals surface area contributed by atoms with E-state index < -0.39 is 0 Å². The maximum Gasteiger partial charge on any atom is 0.143 e. The van der Waals surface area contributed by atoms with E-state index in [0.29, 0.717) is 0 Å². The average molecular weight is 305 g/mol. The molecule has 2 nitrogen and oxygen atoms in total. The first-order chi connectivity index (χ1) is 11.0. The van der Waals surface area contributed by atoms with E-state index in [1.165, 1.54) is 16.3 Å². The molecule has 118 valence electrons. The molecule has 0 amide bonds. The second-order valence-corrected chi connectivity index (χ2v) is 6.75. The van der Waals surface area contributed by atoms with Crippen LogP contribution in [0.25, 0.3) is 10.8 Å². The largest absolute Gasteiger partial charge is 0.486 e. The summed E-state index contributed by atoms with van der Waals surface area (Å²) < 4.78 is 6.17. The molecular formula is C21H23NO. The fourth-order valence-electron chi connectivity index (χ4n) is 2.57. The van der Waals surface area contributed by atoms with Crippen LogP contribution < -0.4 is 10.1 Å². The summed E-state index contributed by atoms with van der Waals surface area (Å²) in [4.78, 5) is 0. The van der Waals surface area contributed by atoms with Gasteiger partial charge in [-0.1, -0.05) is 54.6 Å². The monoisotopic (exact) mass is 305 g/mol. The topological polar surface area (TPSA) is 21.3 Å². The fourth-order valence-corrected chi connectivity index (χ4v) is 2.57. The van der Waals surface area contributed by atoms with Crippen LogP contribution in [0.3, 0.4) is 0 Å². The van der Waals surface area contributed by atoms with E-state index in [-0.39, 0.29) is 5.60 Å². The van der Waals surface area contributed by atoms with Gasteiger partial charge in [0.1, 0.15) is 11.4 Å². The maximum atomic E-state index is 6.17. The molecule has 0 aliphatic heterocycles. The SMILES string of the molecule is CC(C)(C)Oc1cc2ccccc2cc1NCc1ccccc1. The van der Waals surface area contributed by atoms with Crippen molar-refractivity contribution in [3.8, 4) is 5.75 Å². The summed E-state index contributed by atoms with van der Waals surface area (Å²) in [5, 5.41) is 5.92. The minimum absolute atomic E-state index is 0.231. The van der Waals surface area contributed by atoms with Gasteiger partial charge < -0.3 is 10.1 Å². The lowest BCUT2D eigenvalue weighted by molar-refractivity contribution is 0.132. The van der Waals surface area contributed by atoms with Crippen LogP contribution in [0.4, 0.5) is 5.69 Å². The van der Waals surface area contributed by atoms with E-state index in [1.807, 2.05) is 6.07 Å². The second kappa shape index (κ2) is 6.33. The first kappa shape index (κ1) is 15.4. The van der Waals surface area contributed by atoms with Gasteiger partial charge in [-0.25, -0.2) is 0 Å². The molecule has 0 aliphatic carbocycles. The summed E-state index contributed by atoms with van der Waals surface area (Å²) in [5.41, 5.74) is 2.05. The summed E-state index contributed by atoms with van der Waals surface area (Å²) in [6.07, 6.45) is 0. The molecule has 0 aliphatic rings. The first-order valence-electron chi connectivity index (χ1n) is 8.01. The molecule has 1 N–H and O–H groups in total. The molecule has 23 heavy (non-hydrogen) atoms. The van der Waals surface area contributed by atoms with Gasteiger partial charge in [0, 0.05) is 6.54 Å². The Bertz CT molecular complexity index is 788. The van der Waals surface area contributed by atoms with Crippen LogP contribution in [0, 0.1) is 0 Å².